The number of hydrogen-bond donors (Lipinski definition) is 1. The van der Waals surface area contributed by atoms with Crippen LogP contribution in [0.3, 0.4) is 0 Å². The highest BCUT2D eigenvalue weighted by molar-refractivity contribution is 6.18. The molecule has 3 nitrogen and oxygen atoms in total. The molecule has 0 saturated carbocycles. The van der Waals surface area contributed by atoms with Crippen LogP contribution < -0.4 is 5.73 Å². The number of aromatic nitrogens is 1. The fourth-order valence-corrected chi connectivity index (χ4v) is 2.31. The molecule has 1 aromatic heterocycles. The molecule has 0 aliphatic carbocycles. The fraction of sp³-hybridized carbons (Fsp3) is 0.0588. The Morgan fingerprint density at radius 1 is 1.05 bits per heavy atom. The van der Waals surface area contributed by atoms with Gasteiger partial charge in [-0.15, -0.1) is 0 Å². The van der Waals surface area contributed by atoms with E-state index >= 15 is 0 Å². The molecule has 0 atom stereocenters. The number of nitrogen functional groups attached to an aromatic ring is 1. The largest absolute Gasteiger partial charge is 0.398 e. The molecule has 0 spiro atoms. The maximum Gasteiger partial charge on any atom is 0.197 e. The zero-order valence-electron chi connectivity index (χ0n) is 11.1. The van der Waals surface area contributed by atoms with Gasteiger partial charge in [0.2, 0.25) is 0 Å². The van der Waals surface area contributed by atoms with Gasteiger partial charge < -0.3 is 5.73 Å². The molecule has 0 amide bonds. The van der Waals surface area contributed by atoms with Gasteiger partial charge in [0.05, 0.1) is 0 Å². The van der Waals surface area contributed by atoms with Crippen molar-refractivity contribution in [3.05, 3.63) is 71.5 Å². The molecule has 20 heavy (non-hydrogen) atoms. The first kappa shape index (κ1) is 12.4. The van der Waals surface area contributed by atoms with Crippen molar-refractivity contribution in [2.24, 2.45) is 0 Å². The maximum atomic E-state index is 12.7. The lowest BCUT2D eigenvalue weighted by Gasteiger charge is -2.08. The minimum Gasteiger partial charge on any atom is -0.398 e. The summed E-state index contributed by atoms with van der Waals surface area (Å²) in [4.78, 5) is 16.9. The van der Waals surface area contributed by atoms with Gasteiger partial charge in [0.15, 0.2) is 5.78 Å². The number of carbonyl (C=O) groups is 1. The molecule has 0 radical (unpaired) electrons. The summed E-state index contributed by atoms with van der Waals surface area (Å²) in [5.41, 5.74) is 8.55. The average molecular weight is 262 g/mol. The fourth-order valence-electron chi connectivity index (χ4n) is 2.31. The lowest BCUT2D eigenvalue weighted by atomic mass is 9.97. The van der Waals surface area contributed by atoms with Crippen molar-refractivity contribution < 1.29 is 4.79 Å². The number of nitrogens with two attached hydrogens (primary N) is 1. The highest BCUT2D eigenvalue weighted by atomic mass is 16.1. The molecule has 0 aliphatic rings. The van der Waals surface area contributed by atoms with Gasteiger partial charge in [0.25, 0.3) is 0 Å². The van der Waals surface area contributed by atoms with Crippen LogP contribution in [-0.2, 0) is 0 Å². The molecule has 3 heteroatoms. The van der Waals surface area contributed by atoms with E-state index in [4.69, 9.17) is 5.73 Å². The molecule has 2 aromatic carbocycles. The van der Waals surface area contributed by atoms with E-state index in [1.165, 1.54) is 0 Å². The van der Waals surface area contributed by atoms with Gasteiger partial charge in [-0.05, 0) is 24.4 Å². The van der Waals surface area contributed by atoms with E-state index in [-0.39, 0.29) is 5.78 Å². The molecule has 0 saturated heterocycles. The van der Waals surface area contributed by atoms with Crippen molar-refractivity contribution in [2.75, 3.05) is 5.73 Å². The van der Waals surface area contributed by atoms with E-state index in [2.05, 4.69) is 4.98 Å². The van der Waals surface area contributed by atoms with Gasteiger partial charge in [-0.2, -0.15) is 0 Å². The number of pyridine rings is 1. The summed E-state index contributed by atoms with van der Waals surface area (Å²) in [6.07, 6.45) is 3.36. The Balaban J connectivity index is 2.20. The second kappa shape index (κ2) is 4.78. The molecular weight excluding hydrogens is 248 g/mol. The molecule has 0 bridgehead atoms. The van der Waals surface area contributed by atoms with Gasteiger partial charge in [0.1, 0.15) is 0 Å². The van der Waals surface area contributed by atoms with Crippen LogP contribution in [0.15, 0.2) is 54.9 Å². The molecule has 98 valence electrons. The second-order valence-electron chi connectivity index (χ2n) is 4.83. The third kappa shape index (κ3) is 2.03. The monoisotopic (exact) mass is 262 g/mol. The predicted octanol–water partition coefficient (Wildman–Crippen LogP) is 3.36. The van der Waals surface area contributed by atoms with Gasteiger partial charge in [-0.1, -0.05) is 35.9 Å². The highest BCUT2D eigenvalue weighted by Crippen LogP contribution is 2.23. The number of carbonyl (C=O) groups excluding carboxylic acids is 1. The van der Waals surface area contributed by atoms with Gasteiger partial charge in [-0.25, -0.2) is 0 Å². The Morgan fingerprint density at radius 3 is 2.70 bits per heavy atom. The lowest BCUT2D eigenvalue weighted by molar-refractivity contribution is 0.104. The number of rotatable bonds is 2. The van der Waals surface area contributed by atoms with Crippen LogP contribution in [-0.4, -0.2) is 10.8 Å². The summed E-state index contributed by atoms with van der Waals surface area (Å²) in [5, 5.41) is 1.85. The molecule has 3 aromatic rings. The van der Waals surface area contributed by atoms with Crippen molar-refractivity contribution in [3.8, 4) is 0 Å². The number of ketones is 1. The van der Waals surface area contributed by atoms with Gasteiger partial charge >= 0.3 is 0 Å². The first-order chi connectivity index (χ1) is 9.66. The predicted molar refractivity (Wildman–Crippen MR) is 80.8 cm³/mol. The van der Waals surface area contributed by atoms with E-state index in [0.29, 0.717) is 16.8 Å². The summed E-state index contributed by atoms with van der Waals surface area (Å²) in [6.45, 7) is 1.94. The average Bonchev–Trinajstić information content (AvgIpc) is 2.48. The van der Waals surface area contributed by atoms with Crippen molar-refractivity contribution in [1.82, 2.24) is 4.98 Å². The number of fused-ring (bicyclic) bond motifs is 1. The Morgan fingerprint density at radius 2 is 1.85 bits per heavy atom. The third-order valence-corrected chi connectivity index (χ3v) is 3.37. The van der Waals surface area contributed by atoms with Crippen LogP contribution in [0.4, 0.5) is 5.69 Å². The van der Waals surface area contributed by atoms with E-state index < -0.39 is 0 Å². The number of aryl methyl sites for hydroxylation is 1. The number of benzene rings is 2. The van der Waals surface area contributed by atoms with Gasteiger partial charge in [-0.3, -0.25) is 9.78 Å². The smallest absolute Gasteiger partial charge is 0.197 e. The molecule has 1 heterocycles. The van der Waals surface area contributed by atoms with Crippen LogP contribution >= 0.6 is 0 Å². The van der Waals surface area contributed by atoms with E-state index in [1.54, 1.807) is 18.5 Å². The minimum atomic E-state index is -0.0875. The van der Waals surface area contributed by atoms with Crippen LogP contribution in [0, 0.1) is 6.92 Å². The molecule has 0 fully saturated rings. The number of nitrogens with zero attached hydrogens (tertiary/aromatic N) is 1. The Kier molecular flexibility index (Phi) is 2.95. The summed E-state index contributed by atoms with van der Waals surface area (Å²) < 4.78 is 0. The Hall–Kier alpha value is -2.68. The molecule has 2 N–H and O–H groups in total. The molecular formula is C17H14N2O. The topological polar surface area (TPSA) is 56.0 Å². The van der Waals surface area contributed by atoms with Gasteiger partial charge in [0, 0.05) is 34.6 Å². The third-order valence-electron chi connectivity index (χ3n) is 3.37. The quantitative estimate of drug-likeness (QED) is 0.569. The zero-order chi connectivity index (χ0) is 14.1. The van der Waals surface area contributed by atoms with Crippen molar-refractivity contribution >= 4 is 22.2 Å². The van der Waals surface area contributed by atoms with Crippen LogP contribution in [0.25, 0.3) is 10.8 Å². The first-order valence-electron chi connectivity index (χ1n) is 6.40. The molecule has 0 unspecified atom stereocenters. The minimum absolute atomic E-state index is 0.0875. The SMILES string of the molecule is Cc1ccc(N)c(C(=O)c2cncc3ccccc23)c1. The lowest BCUT2D eigenvalue weighted by Crippen LogP contribution is -2.07. The second-order valence-corrected chi connectivity index (χ2v) is 4.83. The van der Waals surface area contributed by atoms with E-state index in [1.807, 2.05) is 43.3 Å². The van der Waals surface area contributed by atoms with Crippen molar-refractivity contribution in [1.29, 1.82) is 0 Å². The number of anilines is 1. The molecule has 0 aliphatic heterocycles. The summed E-state index contributed by atoms with van der Waals surface area (Å²) in [7, 11) is 0. The number of hydrogen-bond acceptors (Lipinski definition) is 3. The summed E-state index contributed by atoms with van der Waals surface area (Å²) >= 11 is 0. The van der Waals surface area contributed by atoms with Crippen molar-refractivity contribution in [2.45, 2.75) is 6.92 Å². The Labute approximate surface area is 117 Å². The first-order valence-corrected chi connectivity index (χ1v) is 6.40. The van der Waals surface area contributed by atoms with Crippen LogP contribution in [0.5, 0.6) is 0 Å². The van der Waals surface area contributed by atoms with E-state index in [9.17, 15) is 4.79 Å². The van der Waals surface area contributed by atoms with Crippen LogP contribution in [0.2, 0.25) is 0 Å². The highest BCUT2D eigenvalue weighted by Gasteiger charge is 2.15. The summed E-state index contributed by atoms with van der Waals surface area (Å²) in [5.74, 6) is -0.0875. The van der Waals surface area contributed by atoms with Crippen molar-refractivity contribution in [3.63, 3.8) is 0 Å². The standard InChI is InChI=1S/C17H14N2O/c1-11-6-7-16(18)14(8-11)17(20)15-10-19-9-12-4-2-3-5-13(12)15/h2-10H,18H2,1H3. The zero-order valence-corrected chi connectivity index (χ0v) is 11.1. The summed E-state index contributed by atoms with van der Waals surface area (Å²) in [6, 6.07) is 13.2. The van der Waals surface area contributed by atoms with Crippen LogP contribution in [0.1, 0.15) is 21.5 Å². The maximum absolute atomic E-state index is 12.7. The van der Waals surface area contributed by atoms with E-state index in [0.717, 1.165) is 16.3 Å². The normalized spacial score (nSPS) is 10.7. The molecule has 3 rings (SSSR count). The Bertz CT molecular complexity index is 804.